The van der Waals surface area contributed by atoms with Crippen LogP contribution in [-0.4, -0.2) is 0 Å². The second-order valence-electron chi connectivity index (χ2n) is 3.86. The van der Waals surface area contributed by atoms with Crippen molar-refractivity contribution in [2.75, 3.05) is 5.32 Å². The van der Waals surface area contributed by atoms with Crippen LogP contribution in [0.3, 0.4) is 0 Å². The van der Waals surface area contributed by atoms with Crippen LogP contribution in [0.1, 0.15) is 11.1 Å². The molecule has 0 aromatic heterocycles. The van der Waals surface area contributed by atoms with Gasteiger partial charge in [0, 0.05) is 11.4 Å². The van der Waals surface area contributed by atoms with E-state index in [1.54, 1.807) is 30.3 Å². The fourth-order valence-corrected chi connectivity index (χ4v) is 1.65. The highest BCUT2D eigenvalue weighted by molar-refractivity contribution is 5.62. The maximum absolute atomic E-state index is 12.6. The van der Waals surface area contributed by atoms with Crippen molar-refractivity contribution in [3.63, 3.8) is 0 Å². The molecule has 5 heteroatoms. The summed E-state index contributed by atoms with van der Waals surface area (Å²) in [6.07, 6.45) is -4.52. The van der Waals surface area contributed by atoms with Crippen LogP contribution in [-0.2, 0) is 6.18 Å². The number of nitrogens with one attached hydrogen (secondary N) is 1. The standard InChI is InChI=1S/C14H9F3N2/c15-14(16,17)13-7-6-12(8-10(13)9-18)19-11-4-2-1-3-5-11/h1-8,19H. The molecule has 0 fully saturated rings. The summed E-state index contributed by atoms with van der Waals surface area (Å²) in [5.74, 6) is 0. The lowest BCUT2D eigenvalue weighted by molar-refractivity contribution is -0.137. The molecule has 1 N–H and O–H groups in total. The second kappa shape index (κ2) is 5.02. The number of hydrogen-bond donors (Lipinski definition) is 1. The van der Waals surface area contributed by atoms with Crippen molar-refractivity contribution in [2.24, 2.45) is 0 Å². The third kappa shape index (κ3) is 3.05. The summed E-state index contributed by atoms with van der Waals surface area (Å²) in [4.78, 5) is 0. The predicted octanol–water partition coefficient (Wildman–Crippen LogP) is 4.32. The van der Waals surface area contributed by atoms with E-state index < -0.39 is 17.3 Å². The first-order chi connectivity index (χ1) is 9.00. The molecule has 0 aliphatic carbocycles. The number of nitriles is 1. The minimum Gasteiger partial charge on any atom is -0.355 e. The maximum atomic E-state index is 12.6. The summed E-state index contributed by atoms with van der Waals surface area (Å²) >= 11 is 0. The van der Waals surface area contributed by atoms with E-state index >= 15 is 0 Å². The van der Waals surface area contributed by atoms with Crippen molar-refractivity contribution >= 4 is 11.4 Å². The van der Waals surface area contributed by atoms with E-state index in [0.29, 0.717) is 5.69 Å². The smallest absolute Gasteiger partial charge is 0.355 e. The number of anilines is 2. The van der Waals surface area contributed by atoms with E-state index in [4.69, 9.17) is 5.26 Å². The van der Waals surface area contributed by atoms with E-state index in [2.05, 4.69) is 5.32 Å². The molecule has 2 rings (SSSR count). The van der Waals surface area contributed by atoms with Gasteiger partial charge in [-0.05, 0) is 30.3 Å². The van der Waals surface area contributed by atoms with E-state index in [1.807, 2.05) is 6.07 Å². The Morgan fingerprint density at radius 3 is 2.21 bits per heavy atom. The van der Waals surface area contributed by atoms with Crippen LogP contribution < -0.4 is 5.32 Å². The maximum Gasteiger partial charge on any atom is 0.417 e. The fourth-order valence-electron chi connectivity index (χ4n) is 1.65. The van der Waals surface area contributed by atoms with Gasteiger partial charge in [-0.1, -0.05) is 18.2 Å². The normalized spacial score (nSPS) is 10.8. The molecule has 19 heavy (non-hydrogen) atoms. The monoisotopic (exact) mass is 262 g/mol. The molecular formula is C14H9F3N2. The van der Waals surface area contributed by atoms with Crippen molar-refractivity contribution < 1.29 is 13.2 Å². The van der Waals surface area contributed by atoms with Crippen molar-refractivity contribution in [1.29, 1.82) is 5.26 Å². The lowest BCUT2D eigenvalue weighted by Gasteiger charge is -2.11. The molecule has 96 valence electrons. The molecule has 0 aliphatic rings. The first kappa shape index (κ1) is 13.0. The van der Waals surface area contributed by atoms with Gasteiger partial charge in [0.25, 0.3) is 0 Å². The molecule has 2 aromatic rings. The summed E-state index contributed by atoms with van der Waals surface area (Å²) in [5, 5.41) is 11.7. The lowest BCUT2D eigenvalue weighted by atomic mass is 10.1. The minimum absolute atomic E-state index is 0.395. The number of benzene rings is 2. The summed E-state index contributed by atoms with van der Waals surface area (Å²) < 4.78 is 37.9. The van der Waals surface area contributed by atoms with Crippen LogP contribution >= 0.6 is 0 Å². The minimum atomic E-state index is -4.52. The van der Waals surface area contributed by atoms with Gasteiger partial charge in [0.05, 0.1) is 17.2 Å². The van der Waals surface area contributed by atoms with Crippen LogP contribution in [0.4, 0.5) is 24.5 Å². The largest absolute Gasteiger partial charge is 0.417 e. The average Bonchev–Trinajstić information content (AvgIpc) is 2.38. The first-order valence-electron chi connectivity index (χ1n) is 5.44. The number of nitrogens with zero attached hydrogens (tertiary/aromatic N) is 1. The first-order valence-corrected chi connectivity index (χ1v) is 5.44. The molecule has 0 unspecified atom stereocenters. The van der Waals surface area contributed by atoms with Gasteiger partial charge in [-0.25, -0.2) is 0 Å². The Bertz CT molecular complexity index is 613. The number of para-hydroxylation sites is 1. The number of halogens is 3. The van der Waals surface area contributed by atoms with Crippen molar-refractivity contribution in [1.82, 2.24) is 0 Å². The van der Waals surface area contributed by atoms with E-state index in [1.165, 1.54) is 12.1 Å². The zero-order valence-electron chi connectivity index (χ0n) is 9.70. The third-order valence-corrected chi connectivity index (χ3v) is 2.51. The van der Waals surface area contributed by atoms with Gasteiger partial charge in [-0.15, -0.1) is 0 Å². The molecule has 0 saturated carbocycles. The highest BCUT2D eigenvalue weighted by Gasteiger charge is 2.33. The summed E-state index contributed by atoms with van der Waals surface area (Å²) in [5.41, 5.74) is -0.135. The molecule has 0 spiro atoms. The third-order valence-electron chi connectivity index (χ3n) is 2.51. The zero-order valence-corrected chi connectivity index (χ0v) is 9.70. The Morgan fingerprint density at radius 1 is 0.947 bits per heavy atom. The highest BCUT2D eigenvalue weighted by Crippen LogP contribution is 2.33. The van der Waals surface area contributed by atoms with Gasteiger partial charge in [0.15, 0.2) is 0 Å². The molecule has 0 atom stereocenters. The molecule has 0 heterocycles. The summed E-state index contributed by atoms with van der Waals surface area (Å²) in [6, 6.07) is 14.0. The number of alkyl halides is 3. The Hall–Kier alpha value is -2.48. The topological polar surface area (TPSA) is 35.8 Å². The molecule has 2 nitrogen and oxygen atoms in total. The highest BCUT2D eigenvalue weighted by atomic mass is 19.4. The van der Waals surface area contributed by atoms with Gasteiger partial charge in [0.2, 0.25) is 0 Å². The van der Waals surface area contributed by atoms with Crippen LogP contribution in [0.15, 0.2) is 48.5 Å². The quantitative estimate of drug-likeness (QED) is 0.874. The van der Waals surface area contributed by atoms with Gasteiger partial charge < -0.3 is 5.32 Å². The van der Waals surface area contributed by atoms with Crippen molar-refractivity contribution in [3.05, 3.63) is 59.7 Å². The van der Waals surface area contributed by atoms with Gasteiger partial charge >= 0.3 is 6.18 Å². The number of rotatable bonds is 2. The Kier molecular flexibility index (Phi) is 3.43. The SMILES string of the molecule is N#Cc1cc(Nc2ccccc2)ccc1C(F)(F)F. The second-order valence-corrected chi connectivity index (χ2v) is 3.86. The van der Waals surface area contributed by atoms with Crippen molar-refractivity contribution in [3.8, 4) is 6.07 Å². The molecule has 0 saturated heterocycles. The molecule has 0 radical (unpaired) electrons. The van der Waals surface area contributed by atoms with Crippen LogP contribution in [0, 0.1) is 11.3 Å². The summed E-state index contributed by atoms with van der Waals surface area (Å²) in [7, 11) is 0. The van der Waals surface area contributed by atoms with Crippen LogP contribution in [0.2, 0.25) is 0 Å². The Labute approximate surface area is 108 Å². The van der Waals surface area contributed by atoms with Gasteiger partial charge in [0.1, 0.15) is 0 Å². The van der Waals surface area contributed by atoms with E-state index in [-0.39, 0.29) is 0 Å². The van der Waals surface area contributed by atoms with Crippen LogP contribution in [0.5, 0.6) is 0 Å². The van der Waals surface area contributed by atoms with E-state index in [9.17, 15) is 13.2 Å². The average molecular weight is 262 g/mol. The summed E-state index contributed by atoms with van der Waals surface area (Å²) in [6.45, 7) is 0. The molecule has 2 aromatic carbocycles. The molecule has 0 amide bonds. The predicted molar refractivity (Wildman–Crippen MR) is 65.9 cm³/mol. The fraction of sp³-hybridized carbons (Fsp3) is 0.0714. The molecule has 0 aliphatic heterocycles. The van der Waals surface area contributed by atoms with Crippen LogP contribution in [0.25, 0.3) is 0 Å². The number of hydrogen-bond acceptors (Lipinski definition) is 2. The van der Waals surface area contributed by atoms with Gasteiger partial charge in [-0.2, -0.15) is 18.4 Å². The lowest BCUT2D eigenvalue weighted by Crippen LogP contribution is -2.08. The zero-order chi connectivity index (χ0) is 13.9. The van der Waals surface area contributed by atoms with E-state index in [0.717, 1.165) is 11.8 Å². The van der Waals surface area contributed by atoms with Crippen molar-refractivity contribution in [2.45, 2.75) is 6.18 Å². The Morgan fingerprint density at radius 2 is 1.63 bits per heavy atom. The molecular weight excluding hydrogens is 253 g/mol. The molecule has 0 bridgehead atoms. The Balaban J connectivity index is 2.33. The van der Waals surface area contributed by atoms with Gasteiger partial charge in [-0.3, -0.25) is 0 Å².